The van der Waals surface area contributed by atoms with E-state index in [4.69, 9.17) is 16.7 Å². The first kappa shape index (κ1) is 15.0. The van der Waals surface area contributed by atoms with Crippen molar-refractivity contribution in [1.82, 2.24) is 0 Å². The Morgan fingerprint density at radius 2 is 2.11 bits per heavy atom. The molecule has 0 saturated heterocycles. The van der Waals surface area contributed by atoms with E-state index >= 15 is 0 Å². The summed E-state index contributed by atoms with van der Waals surface area (Å²) in [5, 5.41) is 11.5. The quantitative estimate of drug-likeness (QED) is 0.563. The minimum absolute atomic E-state index is 0.0533. The first-order valence-corrected chi connectivity index (χ1v) is 6.85. The summed E-state index contributed by atoms with van der Waals surface area (Å²) in [6.45, 7) is 0.258. The molecular formula is C14H20ClNO2. The van der Waals surface area contributed by atoms with Gasteiger partial charge in [0.25, 0.3) is 0 Å². The Balaban J connectivity index is 2.43. The molecule has 1 aromatic carbocycles. The maximum Gasteiger partial charge on any atom is 0.225 e. The third-order valence-corrected chi connectivity index (χ3v) is 2.84. The average Bonchev–Trinajstić information content (AvgIpc) is 2.35. The minimum atomic E-state index is -0.0533. The van der Waals surface area contributed by atoms with Crippen LogP contribution in [0.5, 0.6) is 0 Å². The van der Waals surface area contributed by atoms with Crippen molar-refractivity contribution in [1.29, 1.82) is 0 Å². The van der Waals surface area contributed by atoms with Crippen LogP contribution in [-0.2, 0) is 11.2 Å². The SMILES string of the molecule is O=C(CCCl)Nc1cccc(CCCCCO)c1. The van der Waals surface area contributed by atoms with Crippen LogP contribution < -0.4 is 5.32 Å². The summed E-state index contributed by atoms with van der Waals surface area (Å²) in [5.74, 6) is 0.287. The van der Waals surface area contributed by atoms with Gasteiger partial charge >= 0.3 is 0 Å². The molecular weight excluding hydrogens is 250 g/mol. The topological polar surface area (TPSA) is 49.3 Å². The Morgan fingerprint density at radius 3 is 2.83 bits per heavy atom. The van der Waals surface area contributed by atoms with Gasteiger partial charge in [0.1, 0.15) is 0 Å². The molecule has 1 aromatic rings. The molecule has 18 heavy (non-hydrogen) atoms. The molecule has 100 valence electrons. The molecule has 3 nitrogen and oxygen atoms in total. The predicted octanol–water partition coefficient (Wildman–Crippen LogP) is 2.96. The molecule has 0 aromatic heterocycles. The second kappa shape index (κ2) is 8.95. The molecule has 0 spiro atoms. The number of hydrogen-bond acceptors (Lipinski definition) is 2. The smallest absolute Gasteiger partial charge is 0.225 e. The Labute approximate surface area is 113 Å². The molecule has 2 N–H and O–H groups in total. The fourth-order valence-electron chi connectivity index (χ4n) is 1.73. The van der Waals surface area contributed by atoms with Crippen LogP contribution in [-0.4, -0.2) is 23.5 Å². The van der Waals surface area contributed by atoms with Gasteiger partial charge < -0.3 is 10.4 Å². The largest absolute Gasteiger partial charge is 0.396 e. The number of aliphatic hydroxyl groups is 1. The number of hydrogen-bond donors (Lipinski definition) is 2. The van der Waals surface area contributed by atoms with E-state index in [1.54, 1.807) is 0 Å². The van der Waals surface area contributed by atoms with Crippen LogP contribution in [0.3, 0.4) is 0 Å². The molecule has 0 heterocycles. The van der Waals surface area contributed by atoms with Crippen LogP contribution >= 0.6 is 11.6 Å². The van der Waals surface area contributed by atoms with Gasteiger partial charge in [-0.2, -0.15) is 0 Å². The lowest BCUT2D eigenvalue weighted by molar-refractivity contribution is -0.115. The highest BCUT2D eigenvalue weighted by atomic mass is 35.5. The Kier molecular flexibility index (Phi) is 7.46. The van der Waals surface area contributed by atoms with Gasteiger partial charge in [-0.05, 0) is 37.0 Å². The van der Waals surface area contributed by atoms with E-state index in [1.165, 1.54) is 5.56 Å². The van der Waals surface area contributed by atoms with Gasteiger partial charge in [-0.15, -0.1) is 11.6 Å². The monoisotopic (exact) mass is 269 g/mol. The summed E-state index contributed by atoms with van der Waals surface area (Å²) < 4.78 is 0. The molecule has 0 atom stereocenters. The fraction of sp³-hybridized carbons (Fsp3) is 0.500. The normalized spacial score (nSPS) is 10.3. The second-order valence-electron chi connectivity index (χ2n) is 4.22. The number of halogens is 1. The lowest BCUT2D eigenvalue weighted by Crippen LogP contribution is -2.11. The fourth-order valence-corrected chi connectivity index (χ4v) is 1.90. The molecule has 1 amide bonds. The van der Waals surface area contributed by atoms with Gasteiger partial charge in [0.05, 0.1) is 0 Å². The van der Waals surface area contributed by atoms with Crippen LogP contribution in [0.4, 0.5) is 5.69 Å². The van der Waals surface area contributed by atoms with Crippen LogP contribution in [0.15, 0.2) is 24.3 Å². The molecule has 1 rings (SSSR count). The number of aryl methyl sites for hydroxylation is 1. The van der Waals surface area contributed by atoms with E-state index in [-0.39, 0.29) is 12.5 Å². The third kappa shape index (κ3) is 6.03. The first-order valence-electron chi connectivity index (χ1n) is 6.32. The average molecular weight is 270 g/mol. The van der Waals surface area contributed by atoms with Crippen LogP contribution in [0.1, 0.15) is 31.2 Å². The number of aliphatic hydroxyl groups excluding tert-OH is 1. The van der Waals surface area contributed by atoms with E-state index in [2.05, 4.69) is 11.4 Å². The highest BCUT2D eigenvalue weighted by Crippen LogP contribution is 2.13. The summed E-state index contributed by atoms with van der Waals surface area (Å²) in [6, 6.07) is 7.86. The van der Waals surface area contributed by atoms with Gasteiger partial charge in [0.2, 0.25) is 5.91 Å². The molecule has 0 aliphatic heterocycles. The van der Waals surface area contributed by atoms with Gasteiger partial charge in [0, 0.05) is 24.6 Å². The number of nitrogens with one attached hydrogen (secondary N) is 1. The zero-order valence-electron chi connectivity index (χ0n) is 10.5. The summed E-state index contributed by atoms with van der Waals surface area (Å²) >= 11 is 5.51. The highest BCUT2D eigenvalue weighted by molar-refractivity contribution is 6.19. The maximum absolute atomic E-state index is 11.4. The van der Waals surface area contributed by atoms with Crippen LogP contribution in [0.2, 0.25) is 0 Å². The van der Waals surface area contributed by atoms with Gasteiger partial charge in [0.15, 0.2) is 0 Å². The Morgan fingerprint density at radius 1 is 1.28 bits per heavy atom. The number of unbranched alkanes of at least 4 members (excludes halogenated alkanes) is 2. The van der Waals surface area contributed by atoms with Crippen LogP contribution in [0.25, 0.3) is 0 Å². The van der Waals surface area contributed by atoms with E-state index in [0.29, 0.717) is 12.3 Å². The zero-order chi connectivity index (χ0) is 13.2. The van der Waals surface area contributed by atoms with Crippen molar-refractivity contribution < 1.29 is 9.90 Å². The van der Waals surface area contributed by atoms with Gasteiger partial charge in [-0.1, -0.05) is 18.6 Å². The van der Waals surface area contributed by atoms with Gasteiger partial charge in [-0.25, -0.2) is 0 Å². The molecule has 0 unspecified atom stereocenters. The molecule has 0 aliphatic rings. The van der Waals surface area contributed by atoms with Crippen molar-refractivity contribution in [3.8, 4) is 0 Å². The molecule has 0 fully saturated rings. The second-order valence-corrected chi connectivity index (χ2v) is 4.60. The lowest BCUT2D eigenvalue weighted by atomic mass is 10.1. The van der Waals surface area contributed by atoms with E-state index in [1.807, 2.05) is 18.2 Å². The molecule has 0 saturated carbocycles. The number of amides is 1. The van der Waals surface area contributed by atoms with E-state index < -0.39 is 0 Å². The number of benzene rings is 1. The first-order chi connectivity index (χ1) is 8.76. The van der Waals surface area contributed by atoms with Gasteiger partial charge in [-0.3, -0.25) is 4.79 Å². The maximum atomic E-state index is 11.4. The Bertz CT molecular complexity index is 369. The predicted molar refractivity (Wildman–Crippen MR) is 75.0 cm³/mol. The Hall–Kier alpha value is -1.06. The lowest BCUT2D eigenvalue weighted by Gasteiger charge is -2.06. The number of alkyl halides is 1. The number of anilines is 1. The zero-order valence-corrected chi connectivity index (χ0v) is 11.2. The molecule has 0 radical (unpaired) electrons. The van der Waals surface area contributed by atoms with Crippen molar-refractivity contribution >= 4 is 23.2 Å². The molecule has 0 aliphatic carbocycles. The molecule has 0 bridgehead atoms. The summed E-state index contributed by atoms with van der Waals surface area (Å²) in [5.41, 5.74) is 2.03. The van der Waals surface area contributed by atoms with Crippen LogP contribution in [0, 0.1) is 0 Å². The van der Waals surface area contributed by atoms with E-state index in [0.717, 1.165) is 31.4 Å². The number of carbonyl (C=O) groups is 1. The van der Waals surface area contributed by atoms with Crippen molar-refractivity contribution in [2.75, 3.05) is 17.8 Å². The number of rotatable bonds is 8. The summed E-state index contributed by atoms with van der Waals surface area (Å²) in [6.07, 6.45) is 4.24. The summed E-state index contributed by atoms with van der Waals surface area (Å²) in [4.78, 5) is 11.4. The van der Waals surface area contributed by atoms with E-state index in [9.17, 15) is 4.79 Å². The highest BCUT2D eigenvalue weighted by Gasteiger charge is 2.02. The third-order valence-electron chi connectivity index (χ3n) is 2.66. The minimum Gasteiger partial charge on any atom is -0.396 e. The molecule has 4 heteroatoms. The van der Waals surface area contributed by atoms with Crippen molar-refractivity contribution in [3.05, 3.63) is 29.8 Å². The number of carbonyl (C=O) groups excluding carboxylic acids is 1. The van der Waals surface area contributed by atoms with Crippen molar-refractivity contribution in [2.45, 2.75) is 32.1 Å². The summed E-state index contributed by atoms with van der Waals surface area (Å²) in [7, 11) is 0. The van der Waals surface area contributed by atoms with Crippen molar-refractivity contribution in [3.63, 3.8) is 0 Å². The van der Waals surface area contributed by atoms with Crippen molar-refractivity contribution in [2.24, 2.45) is 0 Å². The standard InChI is InChI=1S/C14H20ClNO2/c15-9-8-14(18)16-13-7-4-6-12(11-13)5-2-1-3-10-17/h4,6-7,11,17H,1-3,5,8-10H2,(H,16,18).